The number of rotatable bonds is 10. The molecule has 2 aromatic heterocycles. The van der Waals surface area contributed by atoms with Crippen molar-refractivity contribution in [1.82, 2.24) is 40.0 Å². The molecule has 16 nitrogen and oxygen atoms in total. The highest BCUT2D eigenvalue weighted by Crippen LogP contribution is 2.44. The Morgan fingerprint density at radius 3 is 2.83 bits per heavy atom. The zero-order valence-electron chi connectivity index (χ0n) is 17.8. The molecule has 4 heterocycles. The summed E-state index contributed by atoms with van der Waals surface area (Å²) >= 11 is 3.24. The average Bonchev–Trinajstić information content (AvgIpc) is 3.51. The predicted molar refractivity (Wildman–Crippen MR) is 120 cm³/mol. The number of carboxylic acids is 2. The molecule has 0 aliphatic carbocycles. The molecule has 0 bridgehead atoms. The van der Waals surface area contributed by atoms with Gasteiger partial charge in [0.2, 0.25) is 11.1 Å². The van der Waals surface area contributed by atoms with E-state index in [9.17, 15) is 24.3 Å². The van der Waals surface area contributed by atoms with Gasteiger partial charge in [0.05, 0.1) is 0 Å². The molecule has 0 spiro atoms. The number of carbonyl (C=O) groups is 4. The lowest BCUT2D eigenvalue weighted by atomic mass is 9.89. The fraction of sp³-hybridized carbons (Fsp3) is 0.500. The first-order valence-electron chi connectivity index (χ1n) is 9.71. The Bertz CT molecular complexity index is 1170. The van der Waals surface area contributed by atoms with Gasteiger partial charge in [0, 0.05) is 23.4 Å². The molecule has 4 rings (SSSR count). The summed E-state index contributed by atoms with van der Waals surface area (Å²) in [6.07, 6.45) is 0. The summed E-state index contributed by atoms with van der Waals surface area (Å²) in [5.41, 5.74) is -1.27. The number of β-lactam (4-membered cyclic amide) rings is 1. The number of oxime groups is 1. The molecule has 0 saturated carbocycles. The van der Waals surface area contributed by atoms with Crippen LogP contribution in [0.5, 0.6) is 0 Å². The van der Waals surface area contributed by atoms with E-state index in [0.717, 1.165) is 28.0 Å². The number of aliphatic carboxylic acids is 2. The van der Waals surface area contributed by atoms with Crippen molar-refractivity contribution in [2.75, 3.05) is 25.2 Å². The standard InChI is InChI=1S/C16H17N9O7S3/c1-32-20-9(7-3-35-23-18-7)11(28)17-10-12(29)24-4-16(14(30)31,5-33-13(10)24)6-34-15-19-21-22-25(15)2-8(26)27/h3,10,13H,2,4-6H2,1H3,(H,17,28)(H,26,27)(H,30,31)/t10?,13-,16?/m1/s1. The van der Waals surface area contributed by atoms with Crippen molar-refractivity contribution in [2.45, 2.75) is 23.1 Å². The number of nitrogens with one attached hydrogen (secondary N) is 1. The van der Waals surface area contributed by atoms with Crippen LogP contribution < -0.4 is 5.32 Å². The highest BCUT2D eigenvalue weighted by Gasteiger charge is 2.57. The second kappa shape index (κ2) is 10.1. The maximum absolute atomic E-state index is 12.8. The number of fused-ring (bicyclic) bond motifs is 1. The van der Waals surface area contributed by atoms with Gasteiger partial charge in [-0.2, -0.15) is 0 Å². The lowest BCUT2D eigenvalue weighted by Crippen LogP contribution is -2.74. The number of amides is 2. The second-order valence-corrected chi connectivity index (χ2v) is 10.1. The largest absolute Gasteiger partial charge is 0.481 e. The number of carboxylic acid groups (broad SMARTS) is 2. The third-order valence-corrected chi connectivity index (χ3v) is 8.49. The van der Waals surface area contributed by atoms with E-state index in [1.807, 2.05) is 0 Å². The highest BCUT2D eigenvalue weighted by molar-refractivity contribution is 8.00. The summed E-state index contributed by atoms with van der Waals surface area (Å²) in [6.45, 7) is -0.558. The van der Waals surface area contributed by atoms with Crippen LogP contribution in [0.4, 0.5) is 0 Å². The van der Waals surface area contributed by atoms with E-state index in [-0.39, 0.29) is 34.6 Å². The van der Waals surface area contributed by atoms with Crippen LogP contribution in [0, 0.1) is 5.41 Å². The Kier molecular flexibility index (Phi) is 7.17. The van der Waals surface area contributed by atoms with Crippen LogP contribution in [-0.4, -0.2) is 111 Å². The van der Waals surface area contributed by atoms with Crippen molar-refractivity contribution in [3.8, 4) is 0 Å². The molecule has 186 valence electrons. The fourth-order valence-corrected chi connectivity index (χ4v) is 6.59. The third-order valence-electron chi connectivity index (χ3n) is 5.15. The monoisotopic (exact) mass is 543 g/mol. The predicted octanol–water partition coefficient (Wildman–Crippen LogP) is -1.78. The first kappa shape index (κ1) is 24.8. The van der Waals surface area contributed by atoms with E-state index in [0.29, 0.717) is 0 Å². The molecular formula is C16H17N9O7S3. The van der Waals surface area contributed by atoms with Gasteiger partial charge in [0.1, 0.15) is 36.2 Å². The number of nitrogens with zero attached hydrogens (tertiary/aromatic N) is 8. The smallest absolute Gasteiger partial charge is 0.325 e. The number of tetrazole rings is 1. The Hall–Kier alpha value is -3.32. The summed E-state index contributed by atoms with van der Waals surface area (Å²) in [5, 5.41) is 41.0. The van der Waals surface area contributed by atoms with Crippen LogP contribution in [0.2, 0.25) is 0 Å². The molecule has 35 heavy (non-hydrogen) atoms. The summed E-state index contributed by atoms with van der Waals surface area (Å²) < 4.78 is 4.74. The topological polar surface area (TPSA) is 215 Å². The minimum absolute atomic E-state index is 0.00429. The van der Waals surface area contributed by atoms with E-state index in [1.54, 1.807) is 0 Å². The van der Waals surface area contributed by atoms with Crippen LogP contribution in [0.1, 0.15) is 5.69 Å². The van der Waals surface area contributed by atoms with Crippen molar-refractivity contribution in [3.05, 3.63) is 11.1 Å². The Labute approximate surface area is 208 Å². The quantitative estimate of drug-likeness (QED) is 0.131. The zero-order chi connectivity index (χ0) is 25.2. The SMILES string of the molecule is CON=C(C(=O)NC1C(=O)N2CC(CSc3nnnn3CC(=O)O)(C(=O)O)CS[C@H]12)c1csnn1. The molecule has 2 saturated heterocycles. The van der Waals surface area contributed by atoms with Crippen LogP contribution in [0.15, 0.2) is 15.7 Å². The number of thioether (sulfide) groups is 2. The molecule has 2 unspecified atom stereocenters. The molecule has 0 radical (unpaired) electrons. The molecule has 3 atom stereocenters. The molecule has 19 heteroatoms. The summed E-state index contributed by atoms with van der Waals surface area (Å²) in [6, 6.07) is -0.872. The van der Waals surface area contributed by atoms with Gasteiger partial charge in [0.25, 0.3) is 5.91 Å². The van der Waals surface area contributed by atoms with E-state index in [2.05, 4.69) is 35.6 Å². The summed E-state index contributed by atoms with van der Waals surface area (Å²) in [4.78, 5) is 54.8. The average molecular weight is 544 g/mol. The first-order valence-corrected chi connectivity index (χ1v) is 12.6. The normalized spacial score (nSPS) is 23.9. The Morgan fingerprint density at radius 2 is 2.17 bits per heavy atom. The van der Waals surface area contributed by atoms with Gasteiger partial charge >= 0.3 is 11.9 Å². The number of hydrogen-bond acceptors (Lipinski definition) is 14. The summed E-state index contributed by atoms with van der Waals surface area (Å²) in [7, 11) is 1.27. The van der Waals surface area contributed by atoms with Gasteiger partial charge in [-0.15, -0.1) is 22.0 Å². The number of hydrogen-bond donors (Lipinski definition) is 3. The molecule has 2 aliphatic rings. The molecule has 3 N–H and O–H groups in total. The van der Waals surface area contributed by atoms with Crippen molar-refractivity contribution in [1.29, 1.82) is 0 Å². The fourth-order valence-electron chi connectivity index (χ4n) is 3.41. The van der Waals surface area contributed by atoms with E-state index in [4.69, 9.17) is 9.94 Å². The van der Waals surface area contributed by atoms with Crippen molar-refractivity contribution < 1.29 is 34.2 Å². The maximum Gasteiger partial charge on any atom is 0.325 e. The third kappa shape index (κ3) is 4.91. The van der Waals surface area contributed by atoms with Gasteiger partial charge in [-0.1, -0.05) is 21.4 Å². The van der Waals surface area contributed by atoms with Crippen molar-refractivity contribution in [3.63, 3.8) is 0 Å². The first-order chi connectivity index (χ1) is 16.8. The van der Waals surface area contributed by atoms with Gasteiger partial charge in [-0.05, 0) is 22.0 Å². The van der Waals surface area contributed by atoms with Crippen LogP contribution >= 0.6 is 35.1 Å². The molecule has 2 amide bonds. The minimum atomic E-state index is -1.33. The molecule has 2 aromatic rings. The zero-order valence-corrected chi connectivity index (χ0v) is 20.2. The van der Waals surface area contributed by atoms with E-state index < -0.39 is 47.1 Å². The van der Waals surface area contributed by atoms with Gasteiger partial charge < -0.3 is 25.3 Å². The Balaban J connectivity index is 1.42. The van der Waals surface area contributed by atoms with Crippen LogP contribution in [-0.2, 0) is 30.6 Å². The van der Waals surface area contributed by atoms with Gasteiger partial charge in [-0.25, -0.2) is 4.68 Å². The second-order valence-electron chi connectivity index (χ2n) is 7.42. The lowest BCUT2D eigenvalue weighted by molar-refractivity contribution is -0.157. The Morgan fingerprint density at radius 1 is 1.37 bits per heavy atom. The molecule has 2 fully saturated rings. The van der Waals surface area contributed by atoms with Crippen LogP contribution in [0.3, 0.4) is 0 Å². The van der Waals surface area contributed by atoms with Gasteiger partial charge in [-0.3, -0.25) is 19.2 Å². The lowest BCUT2D eigenvalue weighted by Gasteiger charge is -2.53. The molecule has 2 aliphatic heterocycles. The summed E-state index contributed by atoms with van der Waals surface area (Å²) in [5.74, 6) is -3.22. The van der Waals surface area contributed by atoms with E-state index in [1.165, 1.54) is 29.2 Å². The minimum Gasteiger partial charge on any atom is -0.481 e. The van der Waals surface area contributed by atoms with Crippen molar-refractivity contribution >= 4 is 64.5 Å². The molecule has 0 aromatic carbocycles. The van der Waals surface area contributed by atoms with E-state index >= 15 is 0 Å². The van der Waals surface area contributed by atoms with Crippen LogP contribution in [0.25, 0.3) is 0 Å². The van der Waals surface area contributed by atoms with Crippen molar-refractivity contribution in [2.24, 2.45) is 10.6 Å². The van der Waals surface area contributed by atoms with Gasteiger partial charge in [0.15, 0.2) is 5.71 Å². The highest BCUT2D eigenvalue weighted by atomic mass is 32.2. The number of aromatic nitrogens is 6. The molecular weight excluding hydrogens is 526 g/mol. The number of carbonyl (C=O) groups excluding carboxylic acids is 2. The maximum atomic E-state index is 12.8.